The van der Waals surface area contributed by atoms with Crippen LogP contribution in [0.4, 0.5) is 5.82 Å². The van der Waals surface area contributed by atoms with Crippen molar-refractivity contribution in [1.82, 2.24) is 19.4 Å². The van der Waals surface area contributed by atoms with E-state index in [0.29, 0.717) is 18.3 Å². The minimum Gasteiger partial charge on any atom is -0.478 e. The Labute approximate surface area is 173 Å². The molecule has 0 saturated heterocycles. The number of aromatic nitrogens is 3. The lowest BCUT2D eigenvalue weighted by molar-refractivity contribution is 0.167. The Hall–Kier alpha value is -2.60. The first kappa shape index (κ1) is 21.1. The molecule has 0 atom stereocenters. The van der Waals surface area contributed by atoms with Crippen molar-refractivity contribution in [2.24, 2.45) is 0 Å². The maximum absolute atomic E-state index is 6.10. The van der Waals surface area contributed by atoms with Crippen LogP contribution in [0.2, 0.25) is 0 Å². The van der Waals surface area contributed by atoms with Gasteiger partial charge < -0.3 is 15.0 Å². The predicted molar refractivity (Wildman–Crippen MR) is 119 cm³/mol. The van der Waals surface area contributed by atoms with Gasteiger partial charge in [-0.15, -0.1) is 0 Å². The first-order chi connectivity index (χ1) is 13.8. The van der Waals surface area contributed by atoms with Gasteiger partial charge in [-0.1, -0.05) is 37.6 Å². The van der Waals surface area contributed by atoms with Crippen LogP contribution in [-0.2, 0) is 13.1 Å². The summed E-state index contributed by atoms with van der Waals surface area (Å²) in [6, 6.07) is 10.7. The first-order valence-electron chi connectivity index (χ1n) is 10.3. The van der Waals surface area contributed by atoms with E-state index in [9.17, 15) is 0 Å². The number of hydrogen-bond donors (Lipinski definition) is 1. The minimum atomic E-state index is 0.152. The molecule has 0 radical (unpaired) electrons. The van der Waals surface area contributed by atoms with E-state index in [0.717, 1.165) is 37.0 Å². The highest BCUT2D eigenvalue weighted by molar-refractivity contribution is 5.85. The number of rotatable bonds is 8. The molecule has 0 unspecified atom stereocenters. The number of nitrogens with zero attached hydrogens (tertiary/aromatic N) is 4. The quantitative estimate of drug-likeness (QED) is 0.570. The summed E-state index contributed by atoms with van der Waals surface area (Å²) in [5, 5.41) is 0. The summed E-state index contributed by atoms with van der Waals surface area (Å²) in [5.41, 5.74) is 10.4. The number of benzene rings is 1. The number of unbranched alkanes of at least 4 members (excludes halogenated alkanes) is 1. The smallest absolute Gasteiger partial charge is 0.217 e. The van der Waals surface area contributed by atoms with Crippen molar-refractivity contribution in [3.8, 4) is 5.88 Å². The van der Waals surface area contributed by atoms with Gasteiger partial charge in [-0.3, -0.25) is 4.90 Å². The third-order valence-corrected chi connectivity index (χ3v) is 5.30. The molecule has 3 aromatic rings. The highest BCUT2D eigenvalue weighted by Gasteiger charge is 2.17. The number of imidazole rings is 1. The fraction of sp³-hybridized carbons (Fsp3) is 0.478. The van der Waals surface area contributed by atoms with E-state index < -0.39 is 0 Å². The second kappa shape index (κ2) is 8.82. The van der Waals surface area contributed by atoms with Crippen molar-refractivity contribution < 1.29 is 4.74 Å². The fourth-order valence-electron chi connectivity index (χ4n) is 3.04. The van der Waals surface area contributed by atoms with E-state index in [2.05, 4.69) is 78.4 Å². The lowest BCUT2D eigenvalue weighted by Crippen LogP contribution is -2.37. The molecule has 0 aliphatic carbocycles. The number of ether oxygens (including phenoxy) is 1. The first-order valence-corrected chi connectivity index (χ1v) is 10.3. The molecule has 2 heterocycles. The highest BCUT2D eigenvalue weighted by atomic mass is 16.5. The number of nitrogens with two attached hydrogens (primary N) is 1. The van der Waals surface area contributed by atoms with Gasteiger partial charge in [0.05, 0.1) is 18.5 Å². The Kier molecular flexibility index (Phi) is 6.42. The van der Waals surface area contributed by atoms with E-state index in [-0.39, 0.29) is 5.54 Å². The molecule has 6 nitrogen and oxygen atoms in total. The Morgan fingerprint density at radius 3 is 2.48 bits per heavy atom. The number of anilines is 1. The number of pyridine rings is 1. The van der Waals surface area contributed by atoms with Crippen LogP contribution in [0, 0.1) is 0 Å². The molecule has 0 bridgehead atoms. The molecule has 3 rings (SSSR count). The monoisotopic (exact) mass is 395 g/mol. The van der Waals surface area contributed by atoms with Gasteiger partial charge in [-0.25, -0.2) is 4.98 Å². The lowest BCUT2D eigenvalue weighted by Gasteiger charge is -2.31. The van der Waals surface area contributed by atoms with Gasteiger partial charge in [-0.05, 0) is 45.4 Å². The second-order valence-corrected chi connectivity index (χ2v) is 8.63. The van der Waals surface area contributed by atoms with Crippen LogP contribution in [0.5, 0.6) is 5.88 Å². The fourth-order valence-corrected chi connectivity index (χ4v) is 3.04. The zero-order chi connectivity index (χ0) is 21.0. The van der Waals surface area contributed by atoms with Gasteiger partial charge in [-0.2, -0.15) is 4.98 Å². The van der Waals surface area contributed by atoms with Gasteiger partial charge in [0, 0.05) is 24.7 Å². The summed E-state index contributed by atoms with van der Waals surface area (Å²) in [7, 11) is 2.16. The van der Waals surface area contributed by atoms with Gasteiger partial charge in [0.15, 0.2) is 5.82 Å². The number of nitrogen functional groups attached to an aromatic ring is 1. The van der Waals surface area contributed by atoms with E-state index >= 15 is 0 Å². The van der Waals surface area contributed by atoms with Crippen LogP contribution in [0.1, 0.15) is 51.7 Å². The normalized spacial score (nSPS) is 12.1. The van der Waals surface area contributed by atoms with E-state index in [4.69, 9.17) is 10.5 Å². The molecule has 0 aliphatic heterocycles. The Morgan fingerprint density at radius 1 is 1.14 bits per heavy atom. The Bertz CT molecular complexity index is 940. The number of fused-ring (bicyclic) bond motifs is 1. The molecule has 0 fully saturated rings. The maximum Gasteiger partial charge on any atom is 0.217 e. The van der Waals surface area contributed by atoms with Crippen molar-refractivity contribution in [2.45, 2.75) is 59.2 Å². The topological polar surface area (TPSA) is 69.2 Å². The van der Waals surface area contributed by atoms with Crippen LogP contribution in [0.3, 0.4) is 0 Å². The van der Waals surface area contributed by atoms with Crippen molar-refractivity contribution in [3.63, 3.8) is 0 Å². The predicted octanol–water partition coefficient (Wildman–Crippen LogP) is 4.47. The Morgan fingerprint density at radius 2 is 1.83 bits per heavy atom. The van der Waals surface area contributed by atoms with Gasteiger partial charge in [0.2, 0.25) is 5.88 Å². The van der Waals surface area contributed by atoms with Crippen LogP contribution < -0.4 is 10.5 Å². The zero-order valence-corrected chi connectivity index (χ0v) is 18.3. The molecule has 0 aliphatic rings. The second-order valence-electron chi connectivity index (χ2n) is 8.63. The van der Waals surface area contributed by atoms with Crippen molar-refractivity contribution in [3.05, 3.63) is 47.8 Å². The Balaban J connectivity index is 1.75. The summed E-state index contributed by atoms with van der Waals surface area (Å²) >= 11 is 0. The SMILES string of the molecule is CCCCOc1cc2c(ncn2Cc2ccc(CN(C)C(C)(C)C)cc2)c(N)n1. The minimum absolute atomic E-state index is 0.152. The van der Waals surface area contributed by atoms with E-state index in [1.807, 2.05) is 12.4 Å². The maximum atomic E-state index is 6.10. The van der Waals surface area contributed by atoms with Gasteiger partial charge >= 0.3 is 0 Å². The van der Waals surface area contributed by atoms with Crippen LogP contribution in [0.25, 0.3) is 11.0 Å². The highest BCUT2D eigenvalue weighted by Crippen LogP contribution is 2.24. The van der Waals surface area contributed by atoms with Crippen molar-refractivity contribution >= 4 is 16.9 Å². The summed E-state index contributed by atoms with van der Waals surface area (Å²) in [6.07, 6.45) is 3.90. The lowest BCUT2D eigenvalue weighted by atomic mass is 10.0. The zero-order valence-electron chi connectivity index (χ0n) is 18.3. The van der Waals surface area contributed by atoms with Gasteiger partial charge in [0.1, 0.15) is 5.52 Å². The van der Waals surface area contributed by atoms with Gasteiger partial charge in [0.25, 0.3) is 0 Å². The molecular formula is C23H33N5O. The molecule has 2 aromatic heterocycles. The van der Waals surface area contributed by atoms with E-state index in [1.54, 1.807) is 0 Å². The average molecular weight is 396 g/mol. The molecule has 0 amide bonds. The summed E-state index contributed by atoms with van der Waals surface area (Å²) in [6.45, 7) is 11.1. The summed E-state index contributed by atoms with van der Waals surface area (Å²) in [5.74, 6) is 0.971. The largest absolute Gasteiger partial charge is 0.478 e. The molecule has 6 heteroatoms. The van der Waals surface area contributed by atoms with Crippen molar-refractivity contribution in [1.29, 1.82) is 0 Å². The molecule has 29 heavy (non-hydrogen) atoms. The molecule has 0 saturated carbocycles. The van der Waals surface area contributed by atoms with Crippen molar-refractivity contribution in [2.75, 3.05) is 19.4 Å². The third-order valence-electron chi connectivity index (χ3n) is 5.30. The standard InChI is InChI=1S/C23H33N5O/c1-6-7-12-29-20-13-19-21(22(24)26-20)25-16-28(19)15-18-10-8-17(9-11-18)14-27(5)23(2,3)4/h8-11,13,16H,6-7,12,14-15H2,1-5H3,(H2,24,26). The molecule has 2 N–H and O–H groups in total. The average Bonchev–Trinajstić information content (AvgIpc) is 3.06. The third kappa shape index (κ3) is 5.26. The van der Waals surface area contributed by atoms with Crippen LogP contribution in [0.15, 0.2) is 36.7 Å². The summed E-state index contributed by atoms with van der Waals surface area (Å²) < 4.78 is 7.85. The summed E-state index contributed by atoms with van der Waals surface area (Å²) in [4.78, 5) is 11.1. The molecular weight excluding hydrogens is 362 g/mol. The van der Waals surface area contributed by atoms with Crippen LogP contribution in [-0.4, -0.2) is 38.6 Å². The van der Waals surface area contributed by atoms with Crippen LogP contribution >= 0.6 is 0 Å². The van der Waals surface area contributed by atoms with E-state index in [1.165, 1.54) is 11.1 Å². The number of hydrogen-bond acceptors (Lipinski definition) is 5. The molecule has 1 aromatic carbocycles. The molecule has 156 valence electrons. The molecule has 0 spiro atoms.